The molecule has 0 saturated heterocycles. The van der Waals surface area contributed by atoms with E-state index in [1.165, 1.54) is 0 Å². The first-order valence-electron chi connectivity index (χ1n) is 1.50. The fourth-order valence-corrected chi connectivity index (χ4v) is 0.716. The van der Waals surface area contributed by atoms with Crippen molar-refractivity contribution in [3.05, 3.63) is 0 Å². The molecule has 0 aliphatic carbocycles. The van der Waals surface area contributed by atoms with Crippen molar-refractivity contribution in [2.75, 3.05) is 5.75 Å². The van der Waals surface area contributed by atoms with E-state index in [9.17, 15) is 7.77 Å². The molecule has 0 nitrogen and oxygen atoms in total. The van der Waals surface area contributed by atoms with Gasteiger partial charge >= 0.3 is 0 Å². The van der Waals surface area contributed by atoms with Crippen LogP contribution in [0, 0.1) is 0 Å². The van der Waals surface area contributed by atoms with E-state index in [0.29, 0.717) is 0 Å². The first-order valence-corrected chi connectivity index (χ1v) is 3.68. The molecule has 0 aromatic carbocycles. The first-order chi connectivity index (χ1) is 3.31. The van der Waals surface area contributed by atoms with E-state index in [-0.39, 0.29) is 30.0 Å². The molecule has 0 aromatic rings. The Morgan fingerprint density at radius 2 is 2.14 bits per heavy atom. The van der Waals surface area contributed by atoms with Crippen molar-refractivity contribution in [3.63, 3.8) is 0 Å². The molecule has 0 spiro atoms. The Morgan fingerprint density at radius 1 is 1.57 bits per heavy atom. The fraction of sp³-hybridized carbons (Fsp3) is 1.00. The Kier molecular flexibility index (Phi) is 5.71. The van der Waals surface area contributed by atoms with Crippen LogP contribution in [0.4, 0.5) is 7.77 Å². The highest BCUT2D eigenvalue weighted by Crippen LogP contribution is 2.20. The van der Waals surface area contributed by atoms with Gasteiger partial charge in [-0.05, 0) is 0 Å². The summed E-state index contributed by atoms with van der Waals surface area (Å²) < 4.78 is 21.8. The molecule has 0 radical (unpaired) electrons. The topological polar surface area (TPSA) is 0 Å². The molecule has 0 rings (SSSR count). The number of hydrogen-bond acceptors (Lipinski definition) is 3. The molecule has 0 fully saturated rings. The van der Waals surface area contributed by atoms with Crippen molar-refractivity contribution < 1.29 is 7.77 Å². The van der Waals surface area contributed by atoms with Crippen LogP contribution in [0.15, 0.2) is 0 Å². The van der Waals surface area contributed by atoms with E-state index in [0.717, 1.165) is 0 Å². The maximum absolute atomic E-state index is 11.2. The zero-order chi connectivity index (χ0) is 5.70. The SMILES string of the molecule is FSCC(S)SF. The lowest BCUT2D eigenvalue weighted by molar-refractivity contribution is 0.920. The molecule has 0 aliphatic heterocycles. The zero-order valence-electron chi connectivity index (χ0n) is 3.30. The lowest BCUT2D eigenvalue weighted by Crippen LogP contribution is -1.89. The van der Waals surface area contributed by atoms with Crippen LogP contribution in [0.2, 0.25) is 0 Å². The van der Waals surface area contributed by atoms with Crippen LogP contribution in [-0.4, -0.2) is 10.3 Å². The highest BCUT2D eigenvalue weighted by molar-refractivity contribution is 8.08. The molecule has 0 aromatic heterocycles. The summed E-state index contributed by atoms with van der Waals surface area (Å²) in [6, 6.07) is 0. The summed E-state index contributed by atoms with van der Waals surface area (Å²) in [6.45, 7) is 0. The molecular weight excluding hydrogens is 158 g/mol. The number of halogens is 2. The Morgan fingerprint density at radius 3 is 2.29 bits per heavy atom. The number of hydrogen-bond donors (Lipinski definition) is 1. The fourth-order valence-electron chi connectivity index (χ4n) is 0.0796. The monoisotopic (exact) mass is 162 g/mol. The van der Waals surface area contributed by atoms with Gasteiger partial charge in [0.1, 0.15) is 0 Å². The molecular formula is C2H4F2S3. The highest BCUT2D eigenvalue weighted by atomic mass is 32.2. The molecule has 0 N–H and O–H groups in total. The predicted octanol–water partition coefficient (Wildman–Crippen LogP) is 2.48. The maximum atomic E-state index is 11.2. The summed E-state index contributed by atoms with van der Waals surface area (Å²) >= 11 is 3.79. The van der Waals surface area contributed by atoms with Gasteiger partial charge in [0.05, 0.1) is 16.7 Å². The van der Waals surface area contributed by atoms with Gasteiger partial charge in [0.25, 0.3) is 0 Å². The van der Waals surface area contributed by atoms with E-state index < -0.39 is 4.58 Å². The minimum absolute atomic E-state index is 0.0527. The van der Waals surface area contributed by atoms with Crippen molar-refractivity contribution in [1.82, 2.24) is 0 Å². The molecule has 0 saturated carbocycles. The summed E-state index contributed by atoms with van der Waals surface area (Å²) in [5, 5.41) is 0. The Balaban J connectivity index is 2.83. The Bertz CT molecular complexity index is 41.9. The van der Waals surface area contributed by atoms with Crippen LogP contribution in [0.25, 0.3) is 0 Å². The third-order valence-electron chi connectivity index (χ3n) is 0.308. The van der Waals surface area contributed by atoms with Crippen LogP contribution in [0.1, 0.15) is 0 Å². The quantitative estimate of drug-likeness (QED) is 0.500. The van der Waals surface area contributed by atoms with Crippen molar-refractivity contribution >= 4 is 36.9 Å². The van der Waals surface area contributed by atoms with Gasteiger partial charge < -0.3 is 0 Å². The van der Waals surface area contributed by atoms with E-state index in [1.54, 1.807) is 0 Å². The second-order valence-electron chi connectivity index (χ2n) is 0.820. The summed E-state index contributed by atoms with van der Waals surface area (Å²) in [5.41, 5.74) is 0. The summed E-state index contributed by atoms with van der Waals surface area (Å²) in [4.78, 5) is 0. The molecule has 1 unspecified atom stereocenters. The van der Waals surface area contributed by atoms with Crippen molar-refractivity contribution in [2.45, 2.75) is 4.58 Å². The van der Waals surface area contributed by atoms with Gasteiger partial charge in [0.2, 0.25) is 0 Å². The minimum atomic E-state index is -0.519. The Labute approximate surface area is 55.4 Å². The standard InChI is InChI=1S/C2H4F2S3/c3-6-1-2(5)7-4/h2,5H,1H2. The minimum Gasteiger partial charge on any atom is -0.165 e. The van der Waals surface area contributed by atoms with Gasteiger partial charge in [-0.25, -0.2) is 0 Å². The molecule has 44 valence electrons. The summed E-state index contributed by atoms with van der Waals surface area (Å²) in [6.07, 6.45) is 0. The average Bonchev–Trinajstić information content (AvgIpc) is 1.68. The average molecular weight is 162 g/mol. The number of rotatable bonds is 3. The van der Waals surface area contributed by atoms with Gasteiger partial charge in [-0.3, -0.25) is 0 Å². The normalized spacial score (nSPS) is 14.1. The van der Waals surface area contributed by atoms with Crippen LogP contribution >= 0.6 is 36.9 Å². The van der Waals surface area contributed by atoms with E-state index in [1.807, 2.05) is 0 Å². The van der Waals surface area contributed by atoms with Gasteiger partial charge in [0.15, 0.2) is 0 Å². The van der Waals surface area contributed by atoms with Gasteiger partial charge in [-0.2, -0.15) is 20.4 Å². The predicted molar refractivity (Wildman–Crippen MR) is 35.0 cm³/mol. The van der Waals surface area contributed by atoms with Crippen molar-refractivity contribution in [3.8, 4) is 0 Å². The third-order valence-corrected chi connectivity index (χ3v) is 2.02. The highest BCUT2D eigenvalue weighted by Gasteiger charge is 2.01. The van der Waals surface area contributed by atoms with Gasteiger partial charge in [-0.1, -0.05) is 0 Å². The lowest BCUT2D eigenvalue weighted by Gasteiger charge is -1.94. The largest absolute Gasteiger partial charge is 0.165 e. The zero-order valence-corrected chi connectivity index (χ0v) is 5.83. The molecule has 0 aliphatic rings. The second kappa shape index (κ2) is 5.05. The van der Waals surface area contributed by atoms with Crippen LogP contribution < -0.4 is 0 Å². The van der Waals surface area contributed by atoms with Gasteiger partial charge in [-0.15, -0.1) is 0 Å². The van der Waals surface area contributed by atoms with E-state index in [4.69, 9.17) is 0 Å². The van der Waals surface area contributed by atoms with E-state index in [2.05, 4.69) is 12.6 Å². The summed E-state index contributed by atoms with van der Waals surface area (Å²) in [7, 11) is 0. The molecule has 0 amide bonds. The molecule has 7 heavy (non-hydrogen) atoms. The van der Waals surface area contributed by atoms with Crippen molar-refractivity contribution in [2.24, 2.45) is 0 Å². The lowest BCUT2D eigenvalue weighted by atomic mass is 10.9. The molecule has 1 atom stereocenters. The van der Waals surface area contributed by atoms with Crippen LogP contribution in [-0.2, 0) is 0 Å². The smallest absolute Gasteiger partial charge is 0.0903 e. The second-order valence-corrected chi connectivity index (χ2v) is 3.09. The molecule has 0 heterocycles. The van der Waals surface area contributed by atoms with Gasteiger partial charge in [0, 0.05) is 17.9 Å². The molecule has 0 bridgehead atoms. The first kappa shape index (κ1) is 7.91. The number of thiol groups is 1. The van der Waals surface area contributed by atoms with Crippen molar-refractivity contribution in [1.29, 1.82) is 0 Å². The van der Waals surface area contributed by atoms with Crippen LogP contribution in [0.5, 0.6) is 0 Å². The Hall–Kier alpha value is 0.910. The van der Waals surface area contributed by atoms with Crippen LogP contribution in [0.3, 0.4) is 0 Å². The maximum Gasteiger partial charge on any atom is 0.0903 e. The summed E-state index contributed by atoms with van der Waals surface area (Å²) in [5.74, 6) is 0.101. The third kappa shape index (κ3) is 4.77. The van der Waals surface area contributed by atoms with E-state index >= 15 is 0 Å². The molecule has 5 heteroatoms.